The topological polar surface area (TPSA) is 93.4 Å². The zero-order valence-electron chi connectivity index (χ0n) is 10.2. The van der Waals surface area contributed by atoms with Crippen LogP contribution in [0.2, 0.25) is 0 Å². The standard InChI is InChI=1S/C11H21N3O3/c1-8(14-17-7-10(12)15)11(16)13-9-5-3-2-4-6-9/h8-9,14H,2-7H2,1H3,(H2,12,15)(H,13,16). The van der Waals surface area contributed by atoms with E-state index >= 15 is 0 Å². The van der Waals surface area contributed by atoms with Crippen LogP contribution in [-0.2, 0) is 14.4 Å². The number of hydrogen-bond donors (Lipinski definition) is 3. The van der Waals surface area contributed by atoms with Gasteiger partial charge in [0.1, 0.15) is 12.6 Å². The van der Waals surface area contributed by atoms with Crippen LogP contribution in [0.1, 0.15) is 39.0 Å². The summed E-state index contributed by atoms with van der Waals surface area (Å²) in [6.07, 6.45) is 5.68. The molecule has 0 bridgehead atoms. The molecular formula is C11H21N3O3. The first-order valence-corrected chi connectivity index (χ1v) is 6.05. The Morgan fingerprint density at radius 3 is 2.59 bits per heavy atom. The molecular weight excluding hydrogens is 222 g/mol. The van der Waals surface area contributed by atoms with Crippen LogP contribution < -0.4 is 16.5 Å². The molecule has 98 valence electrons. The summed E-state index contributed by atoms with van der Waals surface area (Å²) < 4.78 is 0. The molecule has 0 saturated heterocycles. The highest BCUT2D eigenvalue weighted by Crippen LogP contribution is 2.17. The van der Waals surface area contributed by atoms with Crippen molar-refractivity contribution in [1.82, 2.24) is 10.8 Å². The van der Waals surface area contributed by atoms with Crippen LogP contribution >= 0.6 is 0 Å². The Kier molecular flexibility index (Phi) is 5.93. The van der Waals surface area contributed by atoms with Gasteiger partial charge in [-0.15, -0.1) is 0 Å². The summed E-state index contributed by atoms with van der Waals surface area (Å²) in [4.78, 5) is 26.9. The van der Waals surface area contributed by atoms with Crippen molar-refractivity contribution >= 4 is 11.8 Å². The van der Waals surface area contributed by atoms with E-state index in [9.17, 15) is 9.59 Å². The number of carbonyl (C=O) groups is 2. The highest BCUT2D eigenvalue weighted by molar-refractivity contribution is 5.81. The van der Waals surface area contributed by atoms with E-state index in [1.807, 2.05) is 0 Å². The third kappa shape index (κ3) is 5.65. The quantitative estimate of drug-likeness (QED) is 0.565. The van der Waals surface area contributed by atoms with Crippen LogP contribution in [-0.4, -0.2) is 30.5 Å². The van der Waals surface area contributed by atoms with Crippen LogP contribution in [0.25, 0.3) is 0 Å². The molecule has 1 saturated carbocycles. The lowest BCUT2D eigenvalue weighted by molar-refractivity contribution is -0.133. The van der Waals surface area contributed by atoms with Gasteiger partial charge < -0.3 is 11.1 Å². The molecule has 6 heteroatoms. The summed E-state index contributed by atoms with van der Waals surface area (Å²) in [5.74, 6) is -0.682. The Balaban J connectivity index is 2.18. The molecule has 1 atom stereocenters. The maximum absolute atomic E-state index is 11.7. The molecule has 0 heterocycles. The summed E-state index contributed by atoms with van der Waals surface area (Å²) in [6.45, 7) is 1.44. The largest absolute Gasteiger partial charge is 0.368 e. The lowest BCUT2D eigenvalue weighted by Gasteiger charge is -2.24. The summed E-state index contributed by atoms with van der Waals surface area (Å²) in [6, 6.07) is -0.215. The highest BCUT2D eigenvalue weighted by atomic mass is 16.6. The maximum Gasteiger partial charge on any atom is 0.245 e. The van der Waals surface area contributed by atoms with Gasteiger partial charge >= 0.3 is 0 Å². The molecule has 0 spiro atoms. The Labute approximate surface area is 101 Å². The predicted molar refractivity (Wildman–Crippen MR) is 62.8 cm³/mol. The fourth-order valence-corrected chi connectivity index (χ4v) is 1.86. The number of hydrogen-bond acceptors (Lipinski definition) is 4. The van der Waals surface area contributed by atoms with Gasteiger partial charge in [-0.3, -0.25) is 14.4 Å². The number of nitrogens with two attached hydrogens (primary N) is 1. The zero-order valence-corrected chi connectivity index (χ0v) is 10.2. The maximum atomic E-state index is 11.7. The second-order valence-electron chi connectivity index (χ2n) is 4.44. The lowest BCUT2D eigenvalue weighted by Crippen LogP contribution is -2.47. The second-order valence-corrected chi connectivity index (χ2v) is 4.44. The van der Waals surface area contributed by atoms with E-state index < -0.39 is 11.9 Å². The number of carbonyl (C=O) groups excluding carboxylic acids is 2. The average Bonchev–Trinajstić information content (AvgIpc) is 2.29. The molecule has 1 unspecified atom stereocenters. The Morgan fingerprint density at radius 2 is 2.00 bits per heavy atom. The van der Waals surface area contributed by atoms with E-state index in [1.165, 1.54) is 19.3 Å². The van der Waals surface area contributed by atoms with Crippen molar-refractivity contribution in [2.75, 3.05) is 6.61 Å². The first kappa shape index (κ1) is 13.9. The molecule has 1 aliphatic rings. The lowest BCUT2D eigenvalue weighted by atomic mass is 9.95. The average molecular weight is 243 g/mol. The van der Waals surface area contributed by atoms with Crippen molar-refractivity contribution in [2.24, 2.45) is 5.73 Å². The van der Waals surface area contributed by atoms with Crippen molar-refractivity contribution in [2.45, 2.75) is 51.1 Å². The number of amides is 2. The van der Waals surface area contributed by atoms with E-state index in [0.717, 1.165) is 12.8 Å². The summed E-state index contributed by atoms with van der Waals surface area (Å²) in [7, 11) is 0. The van der Waals surface area contributed by atoms with Gasteiger partial charge in [-0.05, 0) is 19.8 Å². The van der Waals surface area contributed by atoms with E-state index in [0.29, 0.717) is 0 Å². The highest BCUT2D eigenvalue weighted by Gasteiger charge is 2.19. The fourth-order valence-electron chi connectivity index (χ4n) is 1.86. The van der Waals surface area contributed by atoms with E-state index in [-0.39, 0.29) is 18.6 Å². The summed E-state index contributed by atoms with van der Waals surface area (Å²) in [5, 5.41) is 2.96. The van der Waals surface area contributed by atoms with Crippen LogP contribution in [0.4, 0.5) is 0 Å². The van der Waals surface area contributed by atoms with Gasteiger partial charge in [-0.25, -0.2) is 0 Å². The summed E-state index contributed by atoms with van der Waals surface area (Å²) in [5.41, 5.74) is 7.39. The zero-order chi connectivity index (χ0) is 12.7. The number of rotatable bonds is 6. The van der Waals surface area contributed by atoms with Crippen LogP contribution in [0.3, 0.4) is 0 Å². The molecule has 0 aliphatic heterocycles. The molecule has 0 aromatic rings. The van der Waals surface area contributed by atoms with Crippen molar-refractivity contribution in [3.05, 3.63) is 0 Å². The number of hydroxylamine groups is 1. The van der Waals surface area contributed by atoms with Crippen LogP contribution in [0, 0.1) is 0 Å². The number of primary amides is 1. The van der Waals surface area contributed by atoms with Gasteiger partial charge in [0.25, 0.3) is 0 Å². The van der Waals surface area contributed by atoms with E-state index in [2.05, 4.69) is 10.8 Å². The molecule has 0 aromatic carbocycles. The first-order valence-electron chi connectivity index (χ1n) is 6.05. The summed E-state index contributed by atoms with van der Waals surface area (Å²) >= 11 is 0. The van der Waals surface area contributed by atoms with Gasteiger partial charge in [0.05, 0.1) is 0 Å². The third-order valence-electron chi connectivity index (χ3n) is 2.82. The Hall–Kier alpha value is -1.14. The Bertz CT molecular complexity index is 265. The molecule has 1 fully saturated rings. The van der Waals surface area contributed by atoms with Gasteiger partial charge in [0.15, 0.2) is 0 Å². The first-order chi connectivity index (χ1) is 8.09. The SMILES string of the molecule is CC(NOCC(N)=O)C(=O)NC1CCCCC1. The molecule has 17 heavy (non-hydrogen) atoms. The van der Waals surface area contributed by atoms with Crippen LogP contribution in [0.5, 0.6) is 0 Å². The minimum atomic E-state index is -0.572. The monoisotopic (exact) mass is 243 g/mol. The second kappa shape index (κ2) is 7.24. The minimum absolute atomic E-state index is 0.110. The normalized spacial score (nSPS) is 18.6. The molecule has 2 amide bonds. The molecule has 1 aliphatic carbocycles. The molecule has 6 nitrogen and oxygen atoms in total. The van der Waals surface area contributed by atoms with Gasteiger partial charge in [0.2, 0.25) is 11.8 Å². The van der Waals surface area contributed by atoms with E-state index in [4.69, 9.17) is 10.6 Å². The van der Waals surface area contributed by atoms with E-state index in [1.54, 1.807) is 6.92 Å². The van der Waals surface area contributed by atoms with Crippen molar-refractivity contribution in [3.63, 3.8) is 0 Å². The third-order valence-corrected chi connectivity index (χ3v) is 2.82. The molecule has 0 aromatic heterocycles. The predicted octanol–water partition coefficient (Wildman–Crippen LogP) is -0.170. The minimum Gasteiger partial charge on any atom is -0.368 e. The van der Waals surface area contributed by atoms with Gasteiger partial charge in [-0.2, -0.15) is 5.48 Å². The molecule has 4 N–H and O–H groups in total. The molecule has 0 radical (unpaired) electrons. The van der Waals surface area contributed by atoms with Crippen LogP contribution in [0.15, 0.2) is 0 Å². The van der Waals surface area contributed by atoms with Gasteiger partial charge in [0, 0.05) is 6.04 Å². The molecule has 1 rings (SSSR count). The van der Waals surface area contributed by atoms with Gasteiger partial charge in [-0.1, -0.05) is 19.3 Å². The van der Waals surface area contributed by atoms with Crippen molar-refractivity contribution in [3.8, 4) is 0 Å². The van der Waals surface area contributed by atoms with Crippen molar-refractivity contribution in [1.29, 1.82) is 0 Å². The smallest absolute Gasteiger partial charge is 0.245 e. The van der Waals surface area contributed by atoms with Crippen molar-refractivity contribution < 1.29 is 14.4 Å². The Morgan fingerprint density at radius 1 is 1.35 bits per heavy atom. The fraction of sp³-hybridized carbons (Fsp3) is 0.818. The number of nitrogens with one attached hydrogen (secondary N) is 2.